The van der Waals surface area contributed by atoms with Crippen molar-refractivity contribution < 1.29 is 9.53 Å². The van der Waals surface area contributed by atoms with E-state index in [1.165, 1.54) is 36.0 Å². The summed E-state index contributed by atoms with van der Waals surface area (Å²) in [6.07, 6.45) is 9.14. The number of rotatable bonds is 6. The van der Waals surface area contributed by atoms with Crippen molar-refractivity contribution in [1.29, 1.82) is 0 Å². The highest BCUT2D eigenvalue weighted by molar-refractivity contribution is 5.92. The monoisotopic (exact) mass is 349 g/mol. The van der Waals surface area contributed by atoms with E-state index in [2.05, 4.69) is 30.4 Å². The zero-order chi connectivity index (χ0) is 18.4. The fourth-order valence-electron chi connectivity index (χ4n) is 3.58. The van der Waals surface area contributed by atoms with Crippen LogP contribution in [0.2, 0.25) is 0 Å². The fraction of sp³-hybridized carbons (Fsp3) is 0.348. The Kier molecular flexibility index (Phi) is 6.11. The van der Waals surface area contributed by atoms with Crippen molar-refractivity contribution in [3.8, 4) is 5.75 Å². The molecule has 2 aromatic rings. The van der Waals surface area contributed by atoms with Gasteiger partial charge in [-0.2, -0.15) is 0 Å². The summed E-state index contributed by atoms with van der Waals surface area (Å²) in [5.41, 5.74) is 5.02. The second kappa shape index (κ2) is 8.70. The quantitative estimate of drug-likeness (QED) is 0.757. The van der Waals surface area contributed by atoms with E-state index in [-0.39, 0.29) is 11.9 Å². The van der Waals surface area contributed by atoms with Crippen LogP contribution in [0.3, 0.4) is 0 Å². The Balaban J connectivity index is 1.69. The molecule has 3 nitrogen and oxygen atoms in total. The largest absolute Gasteiger partial charge is 0.496 e. The SMILES string of the molecule is CC[C@H](NC(=O)/C=C/c1ccccc1OC)c1ccc2c(c1)CCCC2. The summed E-state index contributed by atoms with van der Waals surface area (Å²) in [5.74, 6) is 0.679. The predicted molar refractivity (Wildman–Crippen MR) is 106 cm³/mol. The molecule has 136 valence electrons. The smallest absolute Gasteiger partial charge is 0.244 e. The van der Waals surface area contributed by atoms with Crippen molar-refractivity contribution in [1.82, 2.24) is 5.32 Å². The van der Waals surface area contributed by atoms with E-state index in [0.717, 1.165) is 24.2 Å². The maximum atomic E-state index is 12.4. The van der Waals surface area contributed by atoms with Gasteiger partial charge in [-0.05, 0) is 60.9 Å². The van der Waals surface area contributed by atoms with Crippen LogP contribution in [0.4, 0.5) is 0 Å². The summed E-state index contributed by atoms with van der Waals surface area (Å²) in [4.78, 5) is 12.4. The lowest BCUT2D eigenvalue weighted by Gasteiger charge is -2.21. The number of benzene rings is 2. The molecule has 0 saturated heterocycles. The normalized spacial score (nSPS) is 14.7. The van der Waals surface area contributed by atoms with Crippen LogP contribution < -0.4 is 10.1 Å². The molecule has 0 aromatic heterocycles. The fourth-order valence-corrected chi connectivity index (χ4v) is 3.58. The second-order valence-corrected chi connectivity index (χ2v) is 6.78. The summed E-state index contributed by atoms with van der Waals surface area (Å²) in [6.45, 7) is 2.11. The number of hydrogen-bond donors (Lipinski definition) is 1. The van der Waals surface area contributed by atoms with Crippen LogP contribution in [0.15, 0.2) is 48.5 Å². The molecule has 0 radical (unpaired) electrons. The molecule has 1 aliphatic rings. The Morgan fingerprint density at radius 3 is 2.69 bits per heavy atom. The number of methoxy groups -OCH3 is 1. The highest BCUT2D eigenvalue weighted by Gasteiger charge is 2.15. The van der Waals surface area contributed by atoms with Crippen LogP contribution in [-0.4, -0.2) is 13.0 Å². The first-order valence-electron chi connectivity index (χ1n) is 9.44. The summed E-state index contributed by atoms with van der Waals surface area (Å²) >= 11 is 0. The Morgan fingerprint density at radius 1 is 1.15 bits per heavy atom. The van der Waals surface area contributed by atoms with Gasteiger partial charge in [0.1, 0.15) is 5.75 Å². The first-order chi connectivity index (χ1) is 12.7. The maximum Gasteiger partial charge on any atom is 0.244 e. The van der Waals surface area contributed by atoms with Crippen LogP contribution in [0.25, 0.3) is 6.08 Å². The molecule has 3 heteroatoms. The molecule has 0 unspecified atom stereocenters. The van der Waals surface area contributed by atoms with E-state index in [1.807, 2.05) is 24.3 Å². The number of fused-ring (bicyclic) bond motifs is 1. The second-order valence-electron chi connectivity index (χ2n) is 6.78. The molecule has 2 aromatic carbocycles. The van der Waals surface area contributed by atoms with Gasteiger partial charge in [-0.3, -0.25) is 4.79 Å². The molecule has 26 heavy (non-hydrogen) atoms. The highest BCUT2D eigenvalue weighted by Crippen LogP contribution is 2.26. The van der Waals surface area contributed by atoms with Gasteiger partial charge in [-0.1, -0.05) is 43.3 Å². The third kappa shape index (κ3) is 4.34. The minimum absolute atomic E-state index is 0.0389. The number of nitrogens with one attached hydrogen (secondary N) is 1. The lowest BCUT2D eigenvalue weighted by Crippen LogP contribution is -2.26. The first kappa shape index (κ1) is 18.2. The third-order valence-electron chi connectivity index (χ3n) is 5.05. The number of carbonyl (C=O) groups excluding carboxylic acids is 1. The molecular formula is C23H27NO2. The zero-order valence-corrected chi connectivity index (χ0v) is 15.6. The van der Waals surface area contributed by atoms with Gasteiger partial charge in [-0.15, -0.1) is 0 Å². The Morgan fingerprint density at radius 2 is 1.92 bits per heavy atom. The number of carbonyl (C=O) groups is 1. The molecule has 0 saturated carbocycles. The van der Waals surface area contributed by atoms with Crippen molar-refractivity contribution in [3.63, 3.8) is 0 Å². The van der Waals surface area contributed by atoms with Gasteiger partial charge in [0.15, 0.2) is 0 Å². The molecule has 0 heterocycles. The van der Waals surface area contributed by atoms with Gasteiger partial charge in [-0.25, -0.2) is 0 Å². The summed E-state index contributed by atoms with van der Waals surface area (Å²) < 4.78 is 5.32. The van der Waals surface area contributed by atoms with E-state index in [1.54, 1.807) is 19.3 Å². The van der Waals surface area contributed by atoms with Gasteiger partial charge in [0, 0.05) is 11.6 Å². The molecule has 0 bridgehead atoms. The van der Waals surface area contributed by atoms with Crippen LogP contribution in [0.5, 0.6) is 5.75 Å². The molecule has 0 aliphatic heterocycles. The highest BCUT2D eigenvalue weighted by atomic mass is 16.5. The third-order valence-corrected chi connectivity index (χ3v) is 5.05. The summed E-state index contributed by atoms with van der Waals surface area (Å²) in [5, 5.41) is 3.13. The first-order valence-corrected chi connectivity index (χ1v) is 9.44. The molecular weight excluding hydrogens is 322 g/mol. The van der Waals surface area contributed by atoms with Crippen LogP contribution in [0, 0.1) is 0 Å². The van der Waals surface area contributed by atoms with Gasteiger partial charge in [0.2, 0.25) is 5.91 Å². The number of aryl methyl sites for hydroxylation is 2. The Hall–Kier alpha value is -2.55. The predicted octanol–water partition coefficient (Wildman–Crippen LogP) is 4.85. The molecule has 0 fully saturated rings. The van der Waals surface area contributed by atoms with Crippen molar-refractivity contribution in [2.75, 3.05) is 7.11 Å². The lowest BCUT2D eigenvalue weighted by atomic mass is 9.89. The standard InChI is InChI=1S/C23H27NO2/c1-3-21(20-13-12-17-8-4-5-10-19(17)16-20)24-23(25)15-14-18-9-6-7-11-22(18)26-2/h6-7,9,11-16,21H,3-5,8,10H2,1-2H3,(H,24,25)/b15-14+/t21-/m0/s1. The van der Waals surface area contributed by atoms with E-state index in [9.17, 15) is 4.79 Å². The summed E-state index contributed by atoms with van der Waals surface area (Å²) in [7, 11) is 1.63. The number of ether oxygens (including phenoxy) is 1. The van der Waals surface area contributed by atoms with Gasteiger partial charge in [0.05, 0.1) is 13.2 Å². The van der Waals surface area contributed by atoms with E-state index >= 15 is 0 Å². The van der Waals surface area contributed by atoms with Crippen molar-refractivity contribution in [2.24, 2.45) is 0 Å². The topological polar surface area (TPSA) is 38.3 Å². The molecule has 1 amide bonds. The van der Waals surface area contributed by atoms with Crippen LogP contribution in [0.1, 0.15) is 54.5 Å². The molecule has 1 aliphatic carbocycles. The Bertz CT molecular complexity index is 795. The average Bonchev–Trinajstić information content (AvgIpc) is 2.70. The van der Waals surface area contributed by atoms with Gasteiger partial charge in [0.25, 0.3) is 0 Å². The summed E-state index contributed by atoms with van der Waals surface area (Å²) in [6, 6.07) is 14.4. The number of para-hydroxylation sites is 1. The molecule has 1 N–H and O–H groups in total. The van der Waals surface area contributed by atoms with Crippen molar-refractivity contribution in [2.45, 2.75) is 45.1 Å². The molecule has 1 atom stereocenters. The van der Waals surface area contributed by atoms with E-state index in [4.69, 9.17) is 4.74 Å². The maximum absolute atomic E-state index is 12.4. The zero-order valence-electron chi connectivity index (χ0n) is 15.6. The van der Waals surface area contributed by atoms with Gasteiger partial charge < -0.3 is 10.1 Å². The molecule has 3 rings (SSSR count). The minimum atomic E-state index is -0.0829. The lowest BCUT2D eigenvalue weighted by molar-refractivity contribution is -0.117. The number of amides is 1. The molecule has 0 spiro atoms. The average molecular weight is 349 g/mol. The van der Waals surface area contributed by atoms with Gasteiger partial charge >= 0.3 is 0 Å². The van der Waals surface area contributed by atoms with Crippen LogP contribution >= 0.6 is 0 Å². The van der Waals surface area contributed by atoms with E-state index in [0.29, 0.717) is 0 Å². The van der Waals surface area contributed by atoms with Crippen molar-refractivity contribution >= 4 is 12.0 Å². The van der Waals surface area contributed by atoms with E-state index < -0.39 is 0 Å². The van der Waals surface area contributed by atoms with Crippen LogP contribution in [-0.2, 0) is 17.6 Å². The Labute approximate surface area is 156 Å². The van der Waals surface area contributed by atoms with Crippen molar-refractivity contribution in [3.05, 3.63) is 70.8 Å². The number of hydrogen-bond acceptors (Lipinski definition) is 2. The minimum Gasteiger partial charge on any atom is -0.496 e.